The second-order valence-corrected chi connectivity index (χ2v) is 30.6. The van der Waals surface area contributed by atoms with Gasteiger partial charge >= 0.3 is 53.5 Å². The molecule has 30 heavy (non-hydrogen) atoms. The molecular weight excluding hydrogens is 503 g/mol. The van der Waals surface area contributed by atoms with Crippen molar-refractivity contribution in [1.29, 1.82) is 0 Å². The van der Waals surface area contributed by atoms with Gasteiger partial charge in [-0.25, -0.2) is 0 Å². The van der Waals surface area contributed by atoms with Crippen LogP contribution in [0.4, 0.5) is 0 Å². The Labute approximate surface area is 194 Å². The second kappa shape index (κ2) is 10.9. The Morgan fingerprint density at radius 1 is 0.633 bits per heavy atom. The summed E-state index contributed by atoms with van der Waals surface area (Å²) in [5.74, 6) is 0. The van der Waals surface area contributed by atoms with E-state index >= 15 is 0 Å². The molecule has 0 amide bonds. The van der Waals surface area contributed by atoms with Crippen LogP contribution in [-0.2, 0) is 18.0 Å². The van der Waals surface area contributed by atoms with Crippen LogP contribution in [0.15, 0.2) is 84.9 Å². The molecule has 154 valence electrons. The first kappa shape index (κ1) is 23.5. The Morgan fingerprint density at radius 2 is 1.00 bits per heavy atom. The largest absolute Gasteiger partial charge is 0.154 e. The topological polar surface area (TPSA) is 0 Å². The van der Waals surface area contributed by atoms with Gasteiger partial charge in [0, 0.05) is 0 Å². The van der Waals surface area contributed by atoms with Crippen LogP contribution in [0.2, 0.25) is 13.1 Å². The van der Waals surface area contributed by atoms with E-state index in [0.717, 1.165) is 0 Å². The summed E-state index contributed by atoms with van der Waals surface area (Å²) in [4.78, 5) is 0. The molecule has 0 fully saturated rings. The van der Waals surface area contributed by atoms with Crippen LogP contribution in [0, 0.1) is 13.8 Å². The zero-order chi connectivity index (χ0) is 21.7. The summed E-state index contributed by atoms with van der Waals surface area (Å²) in [6.07, 6.45) is 0. The van der Waals surface area contributed by atoms with E-state index in [1.165, 1.54) is 43.4 Å². The number of hydrogen-bond donors (Lipinski definition) is 0. The molecule has 0 aromatic heterocycles. The molecule has 0 unspecified atom stereocenters. The van der Waals surface area contributed by atoms with Crippen LogP contribution in [0.5, 0.6) is 0 Å². The van der Waals surface area contributed by atoms with Gasteiger partial charge in [-0.3, -0.25) is 0 Å². The molecule has 0 atom stereocenters. The van der Waals surface area contributed by atoms with Crippen LogP contribution < -0.4 is 0 Å². The predicted molar refractivity (Wildman–Crippen MR) is 135 cm³/mol. The van der Waals surface area contributed by atoms with Gasteiger partial charge in [-0.2, -0.15) is 5.56 Å². The summed E-state index contributed by atoms with van der Waals surface area (Å²) in [5.41, 5.74) is 2.59. The van der Waals surface area contributed by atoms with Gasteiger partial charge in [0.25, 0.3) is 0 Å². The standard InChI is InChI=1S/C13H9.C11H11.C2H6Si.2ClH.Zr/c1-3-7-12-10(5-1)9-11-6-2-4-8-13(11)12;1-8-7-10-5-3-4-6-11(10)9(8)2;1-3-2;;;/h1-9H;3-7H,1-2H3;1-2H3;2*1H;/q2*-1;;;;+2/p-2. The normalized spacial score (nSPS) is 10.3. The fraction of sp³-hybridized carbons (Fsp3) is 0.154. The summed E-state index contributed by atoms with van der Waals surface area (Å²) in [6.45, 7) is 8.67. The van der Waals surface area contributed by atoms with Gasteiger partial charge in [-0.1, -0.05) is 56.3 Å². The molecule has 0 aliphatic rings. The van der Waals surface area contributed by atoms with Crippen molar-refractivity contribution in [3.63, 3.8) is 0 Å². The van der Waals surface area contributed by atoms with E-state index in [1.54, 1.807) is 0 Å². The molecule has 0 nitrogen and oxygen atoms in total. The zero-order valence-corrected chi connectivity index (χ0v) is 22.8. The van der Waals surface area contributed by atoms with Crippen molar-refractivity contribution in [2.75, 3.05) is 0 Å². The molecule has 0 radical (unpaired) electrons. The van der Waals surface area contributed by atoms with Gasteiger partial charge in [0.2, 0.25) is 0 Å². The van der Waals surface area contributed by atoms with Crippen LogP contribution in [0.25, 0.3) is 32.3 Å². The number of benzene rings is 3. The van der Waals surface area contributed by atoms with Crippen LogP contribution in [0.3, 0.4) is 0 Å². The van der Waals surface area contributed by atoms with Crippen molar-refractivity contribution < 1.29 is 18.0 Å². The minimum Gasteiger partial charge on any atom is -0.154 e. The van der Waals surface area contributed by atoms with Crippen molar-refractivity contribution in [3.8, 4) is 0 Å². The summed E-state index contributed by atoms with van der Waals surface area (Å²) in [5, 5.41) is 8.15. The first-order valence-corrected chi connectivity index (χ1v) is 22.5. The van der Waals surface area contributed by atoms with E-state index < -0.39 is 18.0 Å². The van der Waals surface area contributed by atoms with E-state index in [1.807, 2.05) is 0 Å². The molecular formula is C26H26Cl2SiZr-2. The third-order valence-corrected chi connectivity index (χ3v) is 25.0. The van der Waals surface area contributed by atoms with Gasteiger partial charge in [0.05, 0.1) is 0 Å². The summed E-state index contributed by atoms with van der Waals surface area (Å²) < 4.78 is 0. The van der Waals surface area contributed by atoms with Crippen molar-refractivity contribution in [3.05, 3.63) is 96.1 Å². The number of rotatable bonds is 0. The summed E-state index contributed by atoms with van der Waals surface area (Å²) >= 11 is -1.65. The molecule has 0 saturated heterocycles. The molecule has 0 saturated carbocycles. The molecule has 5 aromatic rings. The molecule has 5 aromatic carbocycles. The first-order chi connectivity index (χ1) is 14.4. The van der Waals surface area contributed by atoms with Gasteiger partial charge in [-0.15, -0.1) is 80.3 Å². The number of fused-ring (bicyclic) bond motifs is 4. The average Bonchev–Trinajstić information content (AvgIpc) is 3.26. The Bertz CT molecular complexity index is 1240. The van der Waals surface area contributed by atoms with E-state index in [2.05, 4.69) is 112 Å². The Kier molecular flexibility index (Phi) is 8.54. The Hall–Kier alpha value is -1.18. The first-order valence-electron chi connectivity index (χ1n) is 10.0. The number of halogens is 2. The maximum atomic E-state index is 5.62. The average molecular weight is 529 g/mol. The maximum absolute atomic E-state index is 5.62. The smallest absolute Gasteiger partial charge is 0.0576 e. The summed E-state index contributed by atoms with van der Waals surface area (Å²) in [6, 6.07) is 30.0. The Balaban J connectivity index is 0.000000138. The van der Waals surface area contributed by atoms with E-state index in [-0.39, 0.29) is 5.43 Å². The minimum absolute atomic E-state index is 0.224. The third kappa shape index (κ3) is 5.74. The van der Waals surface area contributed by atoms with E-state index in [0.29, 0.717) is 0 Å². The SMILES string of the molecule is C[Si](C)=[Zr]([Cl])[Cl].Cc1[cH-]c2ccccc2c1C.c1ccc2c(c1)[cH-]c1ccccc12. The molecule has 4 heteroatoms. The van der Waals surface area contributed by atoms with Crippen molar-refractivity contribution in [2.45, 2.75) is 26.9 Å². The molecule has 0 bridgehead atoms. The van der Waals surface area contributed by atoms with Crippen LogP contribution in [0.1, 0.15) is 11.1 Å². The Morgan fingerprint density at radius 3 is 1.40 bits per heavy atom. The molecule has 5 rings (SSSR count). The monoisotopic (exact) mass is 526 g/mol. The molecule has 0 N–H and O–H groups in total. The fourth-order valence-electron chi connectivity index (χ4n) is 3.42. The molecule has 0 heterocycles. The molecule has 0 aliphatic heterocycles. The number of aryl methyl sites for hydroxylation is 2. The van der Waals surface area contributed by atoms with Crippen molar-refractivity contribution in [2.24, 2.45) is 0 Å². The fourth-order valence-corrected chi connectivity index (χ4v) is 3.42. The molecule has 0 aliphatic carbocycles. The second-order valence-electron chi connectivity index (χ2n) is 7.62. The maximum Gasteiger partial charge on any atom is -0.0576 e. The third-order valence-electron chi connectivity index (χ3n) is 5.23. The predicted octanol–water partition coefficient (Wildman–Crippen LogP) is 9.05. The zero-order valence-electron chi connectivity index (χ0n) is 17.8. The molecule has 0 spiro atoms. The van der Waals surface area contributed by atoms with E-state index in [4.69, 9.17) is 17.0 Å². The minimum atomic E-state index is -1.65. The summed E-state index contributed by atoms with van der Waals surface area (Å²) in [7, 11) is 11.2. The van der Waals surface area contributed by atoms with Gasteiger partial charge < -0.3 is 0 Å². The van der Waals surface area contributed by atoms with Gasteiger partial charge in [0.15, 0.2) is 0 Å². The van der Waals surface area contributed by atoms with Gasteiger partial charge in [-0.05, 0) is 0 Å². The van der Waals surface area contributed by atoms with Crippen LogP contribution >= 0.6 is 17.0 Å². The number of hydrogen-bond acceptors (Lipinski definition) is 0. The van der Waals surface area contributed by atoms with Crippen LogP contribution in [-0.4, -0.2) is 5.43 Å². The van der Waals surface area contributed by atoms with Gasteiger partial charge in [0.1, 0.15) is 0 Å². The van der Waals surface area contributed by atoms with Crippen molar-refractivity contribution >= 4 is 54.8 Å². The quantitative estimate of drug-likeness (QED) is 0.139. The van der Waals surface area contributed by atoms with Crippen molar-refractivity contribution in [1.82, 2.24) is 0 Å². The van der Waals surface area contributed by atoms with E-state index in [9.17, 15) is 0 Å².